The first kappa shape index (κ1) is 24.0. The molecule has 1 fully saturated rings. The summed E-state index contributed by atoms with van der Waals surface area (Å²) in [6, 6.07) is 7.07. The number of aromatic nitrogens is 1. The van der Waals surface area contributed by atoms with Gasteiger partial charge in [-0.3, -0.25) is 0 Å². The zero-order valence-electron chi connectivity index (χ0n) is 18.9. The van der Waals surface area contributed by atoms with Crippen molar-refractivity contribution >= 4 is 35.0 Å². The van der Waals surface area contributed by atoms with Crippen LogP contribution in [0.5, 0.6) is 0 Å². The maximum absolute atomic E-state index is 13.4. The third-order valence-corrected chi connectivity index (χ3v) is 5.32. The molecule has 3 N–H and O–H groups in total. The summed E-state index contributed by atoms with van der Waals surface area (Å²) >= 11 is 0. The molecule has 10 heteroatoms. The number of hydrogen-bond acceptors (Lipinski definition) is 7. The number of carbonyl (C=O) groups excluding carboxylic acids is 1. The van der Waals surface area contributed by atoms with Crippen LogP contribution in [0.4, 0.5) is 26.4 Å². The lowest BCUT2D eigenvalue weighted by molar-refractivity contribution is 0.0690. The minimum Gasteiger partial charge on any atom is -0.477 e. The van der Waals surface area contributed by atoms with Gasteiger partial charge >= 0.3 is 12.1 Å². The molecule has 0 bridgehead atoms. The number of rotatable bonds is 7. The summed E-state index contributed by atoms with van der Waals surface area (Å²) in [5.74, 6) is -1.55. The Morgan fingerprint density at radius 2 is 1.85 bits per heavy atom. The fourth-order valence-electron chi connectivity index (χ4n) is 3.55. The molecule has 33 heavy (non-hydrogen) atoms. The highest BCUT2D eigenvalue weighted by Crippen LogP contribution is 2.33. The van der Waals surface area contributed by atoms with Crippen molar-refractivity contribution in [1.82, 2.24) is 9.88 Å². The van der Waals surface area contributed by atoms with E-state index in [2.05, 4.69) is 10.3 Å². The zero-order valence-corrected chi connectivity index (χ0v) is 18.9. The van der Waals surface area contributed by atoms with Crippen molar-refractivity contribution in [2.75, 3.05) is 43.0 Å². The molecular weight excluding hydrogens is 429 g/mol. The van der Waals surface area contributed by atoms with Gasteiger partial charge in [-0.25, -0.2) is 19.0 Å². The maximum Gasteiger partial charge on any atom is 0.409 e. The number of ether oxygens (including phenoxy) is 1. The van der Waals surface area contributed by atoms with Crippen molar-refractivity contribution in [2.24, 2.45) is 5.92 Å². The Morgan fingerprint density at radius 3 is 2.39 bits per heavy atom. The highest BCUT2D eigenvalue weighted by molar-refractivity contribution is 6.09. The van der Waals surface area contributed by atoms with E-state index >= 15 is 0 Å². The summed E-state index contributed by atoms with van der Waals surface area (Å²) in [4.78, 5) is 31.7. The highest BCUT2D eigenvalue weighted by atomic mass is 19.1. The van der Waals surface area contributed by atoms with Crippen LogP contribution in [-0.4, -0.2) is 65.6 Å². The van der Waals surface area contributed by atoms with E-state index in [0.29, 0.717) is 49.7 Å². The molecule has 1 aromatic carbocycles. The minimum absolute atomic E-state index is 0.157. The Kier molecular flexibility index (Phi) is 7.47. The van der Waals surface area contributed by atoms with Gasteiger partial charge < -0.3 is 30.4 Å². The number of amides is 1. The van der Waals surface area contributed by atoms with Gasteiger partial charge in [-0.15, -0.1) is 0 Å². The van der Waals surface area contributed by atoms with Crippen LogP contribution in [0, 0.1) is 17.1 Å². The largest absolute Gasteiger partial charge is 0.477 e. The van der Waals surface area contributed by atoms with Gasteiger partial charge in [0.1, 0.15) is 11.6 Å². The van der Waals surface area contributed by atoms with Gasteiger partial charge in [0.25, 0.3) is 0 Å². The Morgan fingerprint density at radius 1 is 1.21 bits per heavy atom. The van der Waals surface area contributed by atoms with Gasteiger partial charge in [-0.2, -0.15) is 0 Å². The summed E-state index contributed by atoms with van der Waals surface area (Å²) in [6.45, 7) is 7.47. The fourth-order valence-corrected chi connectivity index (χ4v) is 3.55. The highest BCUT2D eigenvalue weighted by Gasteiger charge is 2.28. The van der Waals surface area contributed by atoms with E-state index in [0.717, 1.165) is 0 Å². The molecule has 0 saturated carbocycles. The molecular formula is C23H28FN5O4. The van der Waals surface area contributed by atoms with Gasteiger partial charge in [0.2, 0.25) is 0 Å². The number of nitrogens with zero attached hydrogens (tertiary/aromatic N) is 3. The number of hydrogen-bond donors (Lipinski definition) is 3. The standard InChI is InChI=1S/C23H28FN5O4/c1-4-33-23(32)29-11-9-28(10-12-29)18-13-17(22(30)31)27-21(19(18)20(25)14(2)3)26-16-7-5-15(24)6-8-16/h5-8,13-14,25H,4,9-12H2,1-3H3,(H,26,27)(H,30,31). The van der Waals surface area contributed by atoms with E-state index < -0.39 is 11.8 Å². The lowest BCUT2D eigenvalue weighted by Crippen LogP contribution is -2.49. The van der Waals surface area contributed by atoms with Crippen LogP contribution in [0.15, 0.2) is 30.3 Å². The smallest absolute Gasteiger partial charge is 0.409 e. The molecule has 0 unspecified atom stereocenters. The summed E-state index contributed by atoms with van der Waals surface area (Å²) < 4.78 is 18.4. The topological polar surface area (TPSA) is 119 Å². The minimum atomic E-state index is -1.20. The quantitative estimate of drug-likeness (QED) is 0.538. The third-order valence-electron chi connectivity index (χ3n) is 5.32. The molecule has 3 rings (SSSR count). The normalized spacial score (nSPS) is 13.7. The number of aromatic carboxylic acids is 1. The van der Waals surface area contributed by atoms with Crippen LogP contribution in [0.2, 0.25) is 0 Å². The molecule has 2 aromatic rings. The van der Waals surface area contributed by atoms with Gasteiger partial charge in [-0.05, 0) is 43.2 Å². The zero-order chi connectivity index (χ0) is 24.1. The molecule has 176 valence electrons. The molecule has 0 atom stereocenters. The van der Waals surface area contributed by atoms with E-state index in [-0.39, 0.29) is 29.2 Å². The van der Waals surface area contributed by atoms with E-state index in [9.17, 15) is 19.1 Å². The fraction of sp³-hybridized carbons (Fsp3) is 0.391. The van der Waals surface area contributed by atoms with E-state index in [4.69, 9.17) is 10.1 Å². The average Bonchev–Trinajstić information content (AvgIpc) is 2.79. The molecule has 0 spiro atoms. The molecule has 1 aromatic heterocycles. The molecule has 0 aliphatic carbocycles. The van der Waals surface area contributed by atoms with Crippen molar-refractivity contribution in [3.63, 3.8) is 0 Å². The lowest BCUT2D eigenvalue weighted by atomic mass is 9.97. The number of carbonyl (C=O) groups is 2. The van der Waals surface area contributed by atoms with Crippen molar-refractivity contribution in [2.45, 2.75) is 20.8 Å². The summed E-state index contributed by atoms with van der Waals surface area (Å²) in [5.41, 5.74) is 1.65. The van der Waals surface area contributed by atoms with E-state index in [1.54, 1.807) is 11.8 Å². The number of pyridine rings is 1. The van der Waals surface area contributed by atoms with Crippen LogP contribution in [-0.2, 0) is 4.74 Å². The molecule has 9 nitrogen and oxygen atoms in total. The molecule has 0 radical (unpaired) electrons. The summed E-state index contributed by atoms with van der Waals surface area (Å²) in [5, 5.41) is 21.5. The SMILES string of the molecule is CCOC(=O)N1CCN(c2cc(C(=O)O)nc(Nc3ccc(F)cc3)c2C(=N)C(C)C)CC1. The predicted molar refractivity (Wildman–Crippen MR) is 123 cm³/mol. The number of nitrogens with one attached hydrogen (secondary N) is 2. The second-order valence-corrected chi connectivity index (χ2v) is 7.93. The number of carboxylic acids is 1. The van der Waals surface area contributed by atoms with Gasteiger partial charge in [0.05, 0.1) is 17.9 Å². The Balaban J connectivity index is 2.03. The first-order chi connectivity index (χ1) is 15.7. The summed E-state index contributed by atoms with van der Waals surface area (Å²) in [7, 11) is 0. The number of benzene rings is 1. The van der Waals surface area contributed by atoms with Crippen LogP contribution < -0.4 is 10.2 Å². The Bertz CT molecular complexity index is 1030. The number of halogens is 1. The molecule has 1 aliphatic heterocycles. The monoisotopic (exact) mass is 457 g/mol. The van der Waals surface area contributed by atoms with Gasteiger partial charge in [-0.1, -0.05) is 13.8 Å². The average molecular weight is 458 g/mol. The first-order valence-electron chi connectivity index (χ1n) is 10.8. The number of anilines is 3. The van der Waals surface area contributed by atoms with Crippen LogP contribution >= 0.6 is 0 Å². The lowest BCUT2D eigenvalue weighted by Gasteiger charge is -2.37. The number of carboxylic acid groups (broad SMARTS) is 1. The first-order valence-corrected chi connectivity index (χ1v) is 10.8. The van der Waals surface area contributed by atoms with E-state index in [1.165, 1.54) is 30.3 Å². The van der Waals surface area contributed by atoms with Gasteiger partial charge in [0.15, 0.2) is 5.69 Å². The van der Waals surface area contributed by atoms with Crippen LogP contribution in [0.25, 0.3) is 0 Å². The maximum atomic E-state index is 13.4. The predicted octanol–water partition coefficient (Wildman–Crippen LogP) is 3.96. The third kappa shape index (κ3) is 5.57. The Labute approximate surface area is 191 Å². The molecule has 2 heterocycles. The Hall–Kier alpha value is -3.69. The van der Waals surface area contributed by atoms with Crippen LogP contribution in [0.3, 0.4) is 0 Å². The molecule has 1 saturated heterocycles. The number of piperazine rings is 1. The van der Waals surface area contributed by atoms with Crippen LogP contribution in [0.1, 0.15) is 36.8 Å². The van der Waals surface area contributed by atoms with Crippen molar-refractivity contribution in [3.8, 4) is 0 Å². The molecule has 1 amide bonds. The summed E-state index contributed by atoms with van der Waals surface area (Å²) in [6.07, 6.45) is -0.382. The van der Waals surface area contributed by atoms with Crippen molar-refractivity contribution in [1.29, 1.82) is 5.41 Å². The molecule has 1 aliphatic rings. The van der Waals surface area contributed by atoms with E-state index in [1.807, 2.05) is 18.7 Å². The second-order valence-electron chi connectivity index (χ2n) is 7.93. The second kappa shape index (κ2) is 10.3. The van der Waals surface area contributed by atoms with Crippen molar-refractivity contribution in [3.05, 3.63) is 47.4 Å². The van der Waals surface area contributed by atoms with Crippen molar-refractivity contribution < 1.29 is 23.8 Å². The van der Waals surface area contributed by atoms with Gasteiger partial charge in [0, 0.05) is 37.6 Å².